The smallest absolute Gasteiger partial charge is 0.107 e. The highest BCUT2D eigenvalue weighted by molar-refractivity contribution is 5.50. The van der Waals surface area contributed by atoms with Crippen LogP contribution in [0.2, 0.25) is 0 Å². The van der Waals surface area contributed by atoms with Gasteiger partial charge in [-0.1, -0.05) is 12.1 Å². The number of nitrogens with two attached hydrogens (primary N) is 1. The summed E-state index contributed by atoms with van der Waals surface area (Å²) in [4.78, 5) is 0. The number of aryl methyl sites for hydroxylation is 1. The largest absolute Gasteiger partial charge is 0.398 e. The van der Waals surface area contributed by atoms with Crippen molar-refractivity contribution >= 4 is 5.69 Å². The SMILES string of the molecule is Cc1cccc(N)c1C[N+]1(C)C2CCCC1CC2. The number of benzene rings is 1. The first kappa shape index (κ1) is 12.0. The fourth-order valence-electron chi connectivity index (χ4n) is 4.28. The topological polar surface area (TPSA) is 26.0 Å². The number of quaternary nitrogens is 1. The molecule has 98 valence electrons. The zero-order valence-corrected chi connectivity index (χ0v) is 11.7. The van der Waals surface area contributed by atoms with Crippen molar-refractivity contribution in [2.24, 2.45) is 0 Å². The van der Waals surface area contributed by atoms with Gasteiger partial charge in [-0.2, -0.15) is 0 Å². The number of fused-ring (bicyclic) bond motifs is 2. The lowest BCUT2D eigenvalue weighted by molar-refractivity contribution is -0.960. The van der Waals surface area contributed by atoms with Crippen molar-refractivity contribution < 1.29 is 4.48 Å². The van der Waals surface area contributed by atoms with Gasteiger partial charge >= 0.3 is 0 Å². The van der Waals surface area contributed by atoms with Crippen LogP contribution in [-0.4, -0.2) is 23.6 Å². The van der Waals surface area contributed by atoms with E-state index in [1.54, 1.807) is 0 Å². The van der Waals surface area contributed by atoms with E-state index in [0.29, 0.717) is 0 Å². The molecule has 1 aromatic rings. The molecular weight excluding hydrogens is 220 g/mol. The van der Waals surface area contributed by atoms with Crippen LogP contribution in [0.4, 0.5) is 5.69 Å². The first-order valence-corrected chi connectivity index (χ1v) is 7.30. The Hall–Kier alpha value is -1.02. The zero-order chi connectivity index (χ0) is 12.8. The molecule has 0 aliphatic carbocycles. The minimum atomic E-state index is 0.878. The van der Waals surface area contributed by atoms with Crippen molar-refractivity contribution in [2.45, 2.75) is 57.7 Å². The number of anilines is 1. The summed E-state index contributed by atoms with van der Waals surface area (Å²) in [6.07, 6.45) is 7.11. The molecule has 2 heteroatoms. The van der Waals surface area contributed by atoms with Gasteiger partial charge in [-0.25, -0.2) is 0 Å². The summed E-state index contributed by atoms with van der Waals surface area (Å²) in [5.41, 5.74) is 9.93. The fourth-order valence-corrected chi connectivity index (χ4v) is 4.28. The summed E-state index contributed by atoms with van der Waals surface area (Å²) in [6.45, 7) is 3.33. The normalized spacial score (nSPS) is 34.8. The Kier molecular flexibility index (Phi) is 2.86. The second kappa shape index (κ2) is 4.27. The molecule has 18 heavy (non-hydrogen) atoms. The van der Waals surface area contributed by atoms with E-state index in [9.17, 15) is 0 Å². The van der Waals surface area contributed by atoms with E-state index >= 15 is 0 Å². The molecule has 2 aliphatic rings. The molecule has 2 bridgehead atoms. The Labute approximate surface area is 110 Å². The summed E-state index contributed by atoms with van der Waals surface area (Å²) in [7, 11) is 2.47. The third-order valence-corrected chi connectivity index (χ3v) is 5.52. The number of nitrogens with zero attached hydrogens (tertiary/aromatic N) is 1. The van der Waals surface area contributed by atoms with Crippen LogP contribution in [0.1, 0.15) is 43.2 Å². The fraction of sp³-hybridized carbons (Fsp3) is 0.625. The first-order valence-electron chi connectivity index (χ1n) is 7.30. The lowest BCUT2D eigenvalue weighted by atomic mass is 9.96. The number of nitrogen functional groups attached to an aromatic ring is 1. The highest BCUT2D eigenvalue weighted by atomic mass is 15.4. The number of hydrogen-bond acceptors (Lipinski definition) is 1. The van der Waals surface area contributed by atoms with Crippen LogP contribution in [-0.2, 0) is 6.54 Å². The molecule has 0 aromatic heterocycles. The third kappa shape index (κ3) is 1.74. The van der Waals surface area contributed by atoms with Gasteiger partial charge in [0.1, 0.15) is 6.54 Å². The van der Waals surface area contributed by atoms with E-state index in [0.717, 1.165) is 24.3 Å². The predicted molar refractivity (Wildman–Crippen MR) is 76.1 cm³/mol. The van der Waals surface area contributed by atoms with Crippen molar-refractivity contribution in [3.63, 3.8) is 0 Å². The molecule has 0 radical (unpaired) electrons. The van der Waals surface area contributed by atoms with Crippen molar-refractivity contribution in [1.82, 2.24) is 0 Å². The van der Waals surface area contributed by atoms with Gasteiger partial charge in [-0.3, -0.25) is 0 Å². The van der Waals surface area contributed by atoms with Crippen LogP contribution in [0.5, 0.6) is 0 Å². The predicted octanol–water partition coefficient (Wildman–Crippen LogP) is 3.24. The number of piperidine rings is 1. The van der Waals surface area contributed by atoms with E-state index in [1.165, 1.54) is 47.7 Å². The van der Waals surface area contributed by atoms with Crippen molar-refractivity contribution in [3.05, 3.63) is 29.3 Å². The third-order valence-electron chi connectivity index (χ3n) is 5.52. The number of hydrogen-bond donors (Lipinski definition) is 1. The van der Waals surface area contributed by atoms with E-state index in [2.05, 4.69) is 32.2 Å². The van der Waals surface area contributed by atoms with Crippen LogP contribution in [0.15, 0.2) is 18.2 Å². The van der Waals surface area contributed by atoms with Gasteiger partial charge in [0.25, 0.3) is 0 Å². The Morgan fingerprint density at radius 1 is 1.17 bits per heavy atom. The van der Waals surface area contributed by atoms with Crippen LogP contribution in [0.25, 0.3) is 0 Å². The van der Waals surface area contributed by atoms with E-state index in [-0.39, 0.29) is 0 Å². The molecule has 0 spiro atoms. The van der Waals surface area contributed by atoms with Crippen LogP contribution >= 0.6 is 0 Å². The van der Waals surface area contributed by atoms with E-state index < -0.39 is 0 Å². The minimum absolute atomic E-state index is 0.878. The maximum Gasteiger partial charge on any atom is 0.107 e. The molecule has 2 nitrogen and oxygen atoms in total. The van der Waals surface area contributed by atoms with Gasteiger partial charge in [0.2, 0.25) is 0 Å². The molecule has 2 atom stereocenters. The Morgan fingerprint density at radius 3 is 2.44 bits per heavy atom. The van der Waals surface area contributed by atoms with Crippen molar-refractivity contribution in [3.8, 4) is 0 Å². The van der Waals surface area contributed by atoms with Crippen LogP contribution in [0, 0.1) is 6.92 Å². The monoisotopic (exact) mass is 245 g/mol. The van der Waals surface area contributed by atoms with Gasteiger partial charge in [-0.15, -0.1) is 0 Å². The summed E-state index contributed by atoms with van der Waals surface area (Å²) < 4.78 is 1.25. The molecule has 2 aliphatic heterocycles. The Morgan fingerprint density at radius 2 is 1.83 bits per heavy atom. The molecule has 2 N–H and O–H groups in total. The highest BCUT2D eigenvalue weighted by Gasteiger charge is 2.48. The molecule has 3 rings (SSSR count). The van der Waals surface area contributed by atoms with Crippen molar-refractivity contribution in [2.75, 3.05) is 12.8 Å². The summed E-state index contributed by atoms with van der Waals surface area (Å²) in [5, 5.41) is 0. The maximum atomic E-state index is 6.20. The second-order valence-corrected chi connectivity index (χ2v) is 6.46. The average molecular weight is 245 g/mol. The first-order chi connectivity index (χ1) is 8.61. The van der Waals surface area contributed by atoms with Gasteiger partial charge in [-0.05, 0) is 37.8 Å². The highest BCUT2D eigenvalue weighted by Crippen LogP contribution is 2.43. The summed E-state index contributed by atoms with van der Waals surface area (Å²) in [5.74, 6) is 0. The quantitative estimate of drug-likeness (QED) is 0.628. The standard InChI is InChI=1S/C16H25N2/c1-12-5-3-8-16(17)15(12)11-18(2)13-6-4-7-14(18)10-9-13/h3,5,8,13-14H,4,6-7,9-11,17H2,1-2H3/q+1. The van der Waals surface area contributed by atoms with Crippen LogP contribution in [0.3, 0.4) is 0 Å². The maximum absolute atomic E-state index is 6.20. The average Bonchev–Trinajstić information content (AvgIpc) is 2.56. The molecule has 2 saturated heterocycles. The second-order valence-electron chi connectivity index (χ2n) is 6.46. The van der Waals surface area contributed by atoms with E-state index in [1.807, 2.05) is 0 Å². The minimum Gasteiger partial charge on any atom is -0.398 e. The van der Waals surface area contributed by atoms with Crippen molar-refractivity contribution in [1.29, 1.82) is 0 Å². The molecule has 0 amide bonds. The molecule has 2 unspecified atom stereocenters. The lowest BCUT2D eigenvalue weighted by Gasteiger charge is -2.45. The van der Waals surface area contributed by atoms with Gasteiger partial charge in [0.05, 0.1) is 19.1 Å². The molecule has 0 saturated carbocycles. The van der Waals surface area contributed by atoms with Crippen LogP contribution < -0.4 is 5.73 Å². The summed E-state index contributed by atoms with van der Waals surface area (Å²) in [6, 6.07) is 8.08. The number of rotatable bonds is 2. The van der Waals surface area contributed by atoms with Gasteiger partial charge in [0, 0.05) is 24.1 Å². The van der Waals surface area contributed by atoms with Gasteiger partial charge in [0.15, 0.2) is 0 Å². The summed E-state index contributed by atoms with van der Waals surface area (Å²) >= 11 is 0. The Balaban J connectivity index is 1.92. The lowest BCUT2D eigenvalue weighted by Crippen LogP contribution is -2.55. The molecule has 2 heterocycles. The van der Waals surface area contributed by atoms with Gasteiger partial charge < -0.3 is 10.2 Å². The zero-order valence-electron chi connectivity index (χ0n) is 11.7. The molecule has 1 aromatic carbocycles. The Bertz CT molecular complexity index is 416. The molecule has 2 fully saturated rings. The van der Waals surface area contributed by atoms with E-state index in [4.69, 9.17) is 5.73 Å². The molecular formula is C16H25N2+.